The second kappa shape index (κ2) is 2.99. The number of furan rings is 1. The Balaban J connectivity index is 2.53. The summed E-state index contributed by atoms with van der Waals surface area (Å²) in [5.74, 6) is 0.908. The van der Waals surface area contributed by atoms with Crippen molar-refractivity contribution in [3.8, 4) is 11.3 Å². The van der Waals surface area contributed by atoms with Gasteiger partial charge in [0.05, 0.1) is 6.26 Å². The molecule has 0 bridgehead atoms. The molecule has 0 radical (unpaired) electrons. The van der Waals surface area contributed by atoms with Crippen LogP contribution in [0.15, 0.2) is 40.8 Å². The lowest BCUT2D eigenvalue weighted by molar-refractivity contribution is 0.582. The Labute approximate surface area is 75.0 Å². The maximum absolute atomic E-state index is 5.28. The van der Waals surface area contributed by atoms with Gasteiger partial charge >= 0.3 is 0 Å². The summed E-state index contributed by atoms with van der Waals surface area (Å²) in [5.41, 5.74) is 1.13. The fraction of sp³-hybridized carbons (Fsp3) is 0. The first-order valence-corrected chi connectivity index (χ1v) is 4.53. The van der Waals surface area contributed by atoms with Crippen LogP contribution in [0.2, 0.25) is 0 Å². The Morgan fingerprint density at radius 2 is 2.33 bits per heavy atom. The van der Waals surface area contributed by atoms with Gasteiger partial charge in [0, 0.05) is 10.4 Å². The molecule has 0 aliphatic heterocycles. The first kappa shape index (κ1) is 7.37. The van der Waals surface area contributed by atoms with Crippen LogP contribution in [0, 0.1) is 0 Å². The second-order valence-corrected chi connectivity index (χ2v) is 3.33. The average Bonchev–Trinajstić information content (AvgIpc) is 2.74. The summed E-state index contributed by atoms with van der Waals surface area (Å²) in [6.07, 6.45) is 3.53. The third-order valence-corrected chi connectivity index (χ3v) is 2.58. The second-order valence-electron chi connectivity index (χ2n) is 2.38. The Hall–Kier alpha value is -1.28. The molecule has 2 heteroatoms. The van der Waals surface area contributed by atoms with E-state index < -0.39 is 0 Å². The maximum atomic E-state index is 5.28. The predicted octanol–water partition coefficient (Wildman–Crippen LogP) is 3.65. The molecule has 0 amide bonds. The Morgan fingerprint density at radius 3 is 3.00 bits per heavy atom. The normalized spacial score (nSPS) is 10.0. The van der Waals surface area contributed by atoms with E-state index in [4.69, 9.17) is 4.42 Å². The highest BCUT2D eigenvalue weighted by Gasteiger charge is 2.05. The minimum Gasteiger partial charge on any atom is -0.464 e. The molecule has 1 nitrogen and oxygen atoms in total. The van der Waals surface area contributed by atoms with Crippen molar-refractivity contribution in [2.24, 2.45) is 0 Å². The summed E-state index contributed by atoms with van der Waals surface area (Å²) >= 11 is 1.67. The monoisotopic (exact) mass is 176 g/mol. The summed E-state index contributed by atoms with van der Waals surface area (Å²) in [6, 6.07) is 5.88. The lowest BCUT2D eigenvalue weighted by Crippen LogP contribution is -1.69. The van der Waals surface area contributed by atoms with Gasteiger partial charge in [0.2, 0.25) is 0 Å². The minimum absolute atomic E-state index is 0.908. The van der Waals surface area contributed by atoms with Crippen molar-refractivity contribution >= 4 is 17.4 Å². The number of thiophene rings is 1. The van der Waals surface area contributed by atoms with Crippen LogP contribution in [-0.4, -0.2) is 0 Å². The van der Waals surface area contributed by atoms with Gasteiger partial charge in [-0.15, -0.1) is 11.3 Å². The molecule has 0 aliphatic carbocycles. The molecule has 2 aromatic heterocycles. The number of hydrogen-bond acceptors (Lipinski definition) is 2. The highest BCUT2D eigenvalue weighted by atomic mass is 32.1. The zero-order valence-corrected chi connectivity index (χ0v) is 7.30. The van der Waals surface area contributed by atoms with Gasteiger partial charge in [-0.2, -0.15) is 0 Å². The smallest absolute Gasteiger partial charge is 0.135 e. The SMILES string of the molecule is C=Cc1sccc1-c1ccco1. The van der Waals surface area contributed by atoms with E-state index in [9.17, 15) is 0 Å². The van der Waals surface area contributed by atoms with Crippen LogP contribution in [0.1, 0.15) is 4.88 Å². The van der Waals surface area contributed by atoms with E-state index in [-0.39, 0.29) is 0 Å². The molecule has 12 heavy (non-hydrogen) atoms. The maximum Gasteiger partial charge on any atom is 0.135 e. The molecule has 0 aromatic carbocycles. The van der Waals surface area contributed by atoms with Crippen molar-refractivity contribution in [1.29, 1.82) is 0 Å². The zero-order chi connectivity index (χ0) is 8.39. The molecule has 0 atom stereocenters. The molecule has 60 valence electrons. The van der Waals surface area contributed by atoms with Crippen molar-refractivity contribution in [2.45, 2.75) is 0 Å². The Bertz CT molecular complexity index is 370. The van der Waals surface area contributed by atoms with Crippen LogP contribution < -0.4 is 0 Å². The van der Waals surface area contributed by atoms with Crippen LogP contribution in [0.3, 0.4) is 0 Å². The summed E-state index contributed by atoms with van der Waals surface area (Å²) in [5, 5.41) is 2.04. The molecule has 0 unspecified atom stereocenters. The Kier molecular flexibility index (Phi) is 1.84. The standard InChI is InChI=1S/C10H8OS/c1-2-10-8(5-7-12-10)9-4-3-6-11-9/h2-7H,1H2. The van der Waals surface area contributed by atoms with E-state index in [1.54, 1.807) is 17.6 Å². The Morgan fingerprint density at radius 1 is 1.42 bits per heavy atom. The largest absolute Gasteiger partial charge is 0.464 e. The van der Waals surface area contributed by atoms with Crippen LogP contribution in [0.5, 0.6) is 0 Å². The van der Waals surface area contributed by atoms with Gasteiger partial charge in [-0.3, -0.25) is 0 Å². The van der Waals surface area contributed by atoms with Crippen molar-refractivity contribution in [3.05, 3.63) is 41.3 Å². The molecule has 2 heterocycles. The minimum atomic E-state index is 0.908. The summed E-state index contributed by atoms with van der Waals surface area (Å²) in [7, 11) is 0. The fourth-order valence-electron chi connectivity index (χ4n) is 1.11. The highest BCUT2D eigenvalue weighted by molar-refractivity contribution is 7.11. The van der Waals surface area contributed by atoms with Crippen LogP contribution in [0.25, 0.3) is 17.4 Å². The molecular weight excluding hydrogens is 168 g/mol. The molecule has 0 saturated heterocycles. The van der Waals surface area contributed by atoms with Crippen molar-refractivity contribution in [1.82, 2.24) is 0 Å². The fourth-order valence-corrected chi connectivity index (χ4v) is 1.86. The third-order valence-electron chi connectivity index (χ3n) is 1.67. The van der Waals surface area contributed by atoms with Gasteiger partial charge < -0.3 is 4.42 Å². The molecule has 0 N–H and O–H groups in total. The zero-order valence-electron chi connectivity index (χ0n) is 6.49. The van der Waals surface area contributed by atoms with Gasteiger partial charge in [-0.05, 0) is 23.6 Å². The lowest BCUT2D eigenvalue weighted by Gasteiger charge is -1.92. The highest BCUT2D eigenvalue weighted by Crippen LogP contribution is 2.29. The van der Waals surface area contributed by atoms with E-state index >= 15 is 0 Å². The number of rotatable bonds is 2. The van der Waals surface area contributed by atoms with Gasteiger partial charge in [0.1, 0.15) is 5.76 Å². The van der Waals surface area contributed by atoms with Crippen molar-refractivity contribution < 1.29 is 4.42 Å². The van der Waals surface area contributed by atoms with Crippen LogP contribution in [-0.2, 0) is 0 Å². The summed E-state index contributed by atoms with van der Waals surface area (Å²) in [4.78, 5) is 1.16. The van der Waals surface area contributed by atoms with Crippen LogP contribution in [0.4, 0.5) is 0 Å². The van der Waals surface area contributed by atoms with E-state index in [1.807, 2.05) is 29.7 Å². The van der Waals surface area contributed by atoms with Crippen molar-refractivity contribution in [2.75, 3.05) is 0 Å². The molecule has 2 rings (SSSR count). The van der Waals surface area contributed by atoms with Crippen molar-refractivity contribution in [3.63, 3.8) is 0 Å². The summed E-state index contributed by atoms with van der Waals surface area (Å²) < 4.78 is 5.28. The summed E-state index contributed by atoms with van der Waals surface area (Å²) in [6.45, 7) is 3.74. The van der Waals surface area contributed by atoms with Gasteiger partial charge in [-0.25, -0.2) is 0 Å². The third kappa shape index (κ3) is 1.10. The van der Waals surface area contributed by atoms with E-state index in [0.29, 0.717) is 0 Å². The topological polar surface area (TPSA) is 13.1 Å². The average molecular weight is 176 g/mol. The first-order chi connectivity index (χ1) is 5.92. The lowest BCUT2D eigenvalue weighted by atomic mass is 10.2. The quantitative estimate of drug-likeness (QED) is 0.680. The molecule has 0 aliphatic rings. The van der Waals surface area contributed by atoms with E-state index in [1.165, 1.54) is 0 Å². The molecular formula is C10H8OS. The van der Waals surface area contributed by atoms with Gasteiger partial charge in [0.25, 0.3) is 0 Å². The predicted molar refractivity (Wildman–Crippen MR) is 52.1 cm³/mol. The van der Waals surface area contributed by atoms with Gasteiger partial charge in [-0.1, -0.05) is 12.7 Å². The van der Waals surface area contributed by atoms with E-state index in [2.05, 4.69) is 6.58 Å². The van der Waals surface area contributed by atoms with Gasteiger partial charge in [0.15, 0.2) is 0 Å². The molecule has 2 aromatic rings. The first-order valence-electron chi connectivity index (χ1n) is 3.65. The number of hydrogen-bond donors (Lipinski definition) is 0. The molecule has 0 spiro atoms. The van der Waals surface area contributed by atoms with E-state index in [0.717, 1.165) is 16.2 Å². The molecule has 0 fully saturated rings. The molecule has 0 saturated carbocycles. The van der Waals surface area contributed by atoms with Crippen LogP contribution >= 0.6 is 11.3 Å².